The number of allylic oxidation sites excluding steroid dienone is 1. The van der Waals surface area contributed by atoms with Gasteiger partial charge in [0.25, 0.3) is 5.91 Å². The van der Waals surface area contributed by atoms with E-state index in [0.29, 0.717) is 22.2 Å². The lowest BCUT2D eigenvalue weighted by Crippen LogP contribution is -2.31. The molecule has 0 aliphatic rings. The molecule has 0 saturated carbocycles. The molecule has 0 spiro atoms. The number of benzene rings is 2. The molecule has 0 radical (unpaired) electrons. The number of carbonyl (C=O) groups is 2. The van der Waals surface area contributed by atoms with Crippen molar-refractivity contribution < 1.29 is 23.8 Å². The summed E-state index contributed by atoms with van der Waals surface area (Å²) >= 11 is 6.05. The van der Waals surface area contributed by atoms with E-state index in [4.69, 9.17) is 25.8 Å². The molecule has 29 heavy (non-hydrogen) atoms. The van der Waals surface area contributed by atoms with Crippen molar-refractivity contribution in [3.63, 3.8) is 0 Å². The Morgan fingerprint density at radius 1 is 1.21 bits per heavy atom. The van der Waals surface area contributed by atoms with Gasteiger partial charge in [0.1, 0.15) is 0 Å². The van der Waals surface area contributed by atoms with E-state index in [1.807, 2.05) is 25.1 Å². The molecule has 7 heteroatoms. The Bertz CT molecular complexity index is 910. The topological polar surface area (TPSA) is 73.9 Å². The van der Waals surface area contributed by atoms with Gasteiger partial charge in [-0.3, -0.25) is 4.79 Å². The van der Waals surface area contributed by atoms with Crippen LogP contribution < -0.4 is 14.8 Å². The number of esters is 1. The highest BCUT2D eigenvalue weighted by Crippen LogP contribution is 2.28. The van der Waals surface area contributed by atoms with Crippen LogP contribution in [-0.4, -0.2) is 31.7 Å². The number of anilines is 1. The summed E-state index contributed by atoms with van der Waals surface area (Å²) in [5.74, 6) is -0.230. The van der Waals surface area contributed by atoms with Gasteiger partial charge in [-0.2, -0.15) is 0 Å². The van der Waals surface area contributed by atoms with Crippen molar-refractivity contribution in [1.82, 2.24) is 0 Å². The maximum absolute atomic E-state index is 12.3. The molecule has 0 aromatic heterocycles. The van der Waals surface area contributed by atoms with Crippen molar-refractivity contribution in [2.24, 2.45) is 0 Å². The van der Waals surface area contributed by atoms with Gasteiger partial charge in [-0.15, -0.1) is 0 Å². The number of nitrogens with one attached hydrogen (secondary N) is 1. The predicted molar refractivity (Wildman–Crippen MR) is 114 cm³/mol. The lowest BCUT2D eigenvalue weighted by molar-refractivity contribution is -0.155. The van der Waals surface area contributed by atoms with Gasteiger partial charge in [-0.1, -0.05) is 35.9 Å². The van der Waals surface area contributed by atoms with E-state index >= 15 is 0 Å². The molecule has 154 valence electrons. The smallest absolute Gasteiger partial charge is 0.344 e. The molecule has 0 unspecified atom stereocenters. The lowest BCUT2D eigenvalue weighted by Gasteiger charge is -2.16. The standard InChI is InChI=1S/C22H24ClNO5/c1-5-7-16-10-11-19(20(12-16)27-4)28-13-21(25)29-15(3)22(26)24-18-9-6-8-17(23)14(18)2/h5-12,15H,13H2,1-4H3,(H,24,26)/b7-5+/t15-/m0/s1. The van der Waals surface area contributed by atoms with Crippen LogP contribution in [0.1, 0.15) is 25.0 Å². The first-order chi connectivity index (χ1) is 13.8. The summed E-state index contributed by atoms with van der Waals surface area (Å²) in [4.78, 5) is 24.4. The van der Waals surface area contributed by atoms with Crippen LogP contribution in [0, 0.1) is 6.92 Å². The van der Waals surface area contributed by atoms with Crippen LogP contribution in [0.25, 0.3) is 6.08 Å². The van der Waals surface area contributed by atoms with Gasteiger partial charge in [0.15, 0.2) is 24.2 Å². The van der Waals surface area contributed by atoms with Crippen molar-refractivity contribution >= 4 is 35.2 Å². The van der Waals surface area contributed by atoms with E-state index in [2.05, 4.69) is 5.32 Å². The molecule has 0 bridgehead atoms. The fourth-order valence-corrected chi connectivity index (χ4v) is 2.67. The Labute approximate surface area is 175 Å². The van der Waals surface area contributed by atoms with Crippen LogP contribution in [0.3, 0.4) is 0 Å². The van der Waals surface area contributed by atoms with E-state index < -0.39 is 18.0 Å². The van der Waals surface area contributed by atoms with Crippen LogP contribution in [0.2, 0.25) is 5.02 Å². The number of amides is 1. The van der Waals surface area contributed by atoms with E-state index in [0.717, 1.165) is 11.1 Å². The summed E-state index contributed by atoms with van der Waals surface area (Å²) in [5, 5.41) is 3.24. The summed E-state index contributed by atoms with van der Waals surface area (Å²) in [6, 6.07) is 10.5. The zero-order valence-corrected chi connectivity index (χ0v) is 17.6. The number of hydrogen-bond donors (Lipinski definition) is 1. The number of methoxy groups -OCH3 is 1. The second kappa shape index (κ2) is 10.5. The van der Waals surface area contributed by atoms with Gasteiger partial charge in [0.2, 0.25) is 0 Å². The van der Waals surface area contributed by atoms with E-state index in [1.165, 1.54) is 14.0 Å². The zero-order chi connectivity index (χ0) is 21.4. The Balaban J connectivity index is 1.91. The number of carbonyl (C=O) groups excluding carboxylic acids is 2. The SMILES string of the molecule is C/C=C/c1ccc(OCC(=O)O[C@@H](C)C(=O)Nc2cccc(Cl)c2C)c(OC)c1. The summed E-state index contributed by atoms with van der Waals surface area (Å²) < 4.78 is 15.9. The minimum absolute atomic E-state index is 0.354. The molecule has 0 aliphatic carbocycles. The van der Waals surface area contributed by atoms with Gasteiger partial charge in [-0.05, 0) is 56.2 Å². The average Bonchev–Trinajstić information content (AvgIpc) is 2.70. The highest BCUT2D eigenvalue weighted by Gasteiger charge is 2.19. The molecule has 2 aromatic rings. The molecule has 0 heterocycles. The van der Waals surface area contributed by atoms with Gasteiger partial charge in [0.05, 0.1) is 7.11 Å². The lowest BCUT2D eigenvalue weighted by atomic mass is 10.2. The van der Waals surface area contributed by atoms with Crippen LogP contribution in [0.4, 0.5) is 5.69 Å². The van der Waals surface area contributed by atoms with Crippen LogP contribution in [0.5, 0.6) is 11.5 Å². The first kappa shape index (κ1) is 22.3. The molecule has 1 N–H and O–H groups in total. The number of hydrogen-bond acceptors (Lipinski definition) is 5. The van der Waals surface area contributed by atoms with Crippen molar-refractivity contribution in [3.8, 4) is 11.5 Å². The van der Waals surface area contributed by atoms with Crippen molar-refractivity contribution in [2.75, 3.05) is 19.0 Å². The van der Waals surface area contributed by atoms with E-state index in [9.17, 15) is 9.59 Å². The number of halogens is 1. The molecule has 0 fully saturated rings. The molecule has 0 aliphatic heterocycles. The second-order valence-electron chi connectivity index (χ2n) is 6.23. The summed E-state index contributed by atoms with van der Waals surface area (Å²) in [6.45, 7) is 4.84. The van der Waals surface area contributed by atoms with Crippen molar-refractivity contribution in [3.05, 3.63) is 58.6 Å². The summed E-state index contributed by atoms with van der Waals surface area (Å²) in [5.41, 5.74) is 2.24. The first-order valence-electron chi connectivity index (χ1n) is 9.04. The Morgan fingerprint density at radius 3 is 2.66 bits per heavy atom. The normalized spacial score (nSPS) is 11.8. The second-order valence-corrected chi connectivity index (χ2v) is 6.64. The zero-order valence-electron chi connectivity index (χ0n) is 16.8. The largest absolute Gasteiger partial charge is 0.493 e. The first-order valence-corrected chi connectivity index (χ1v) is 9.42. The van der Waals surface area contributed by atoms with Crippen LogP contribution in [-0.2, 0) is 14.3 Å². The molecule has 6 nitrogen and oxygen atoms in total. The number of ether oxygens (including phenoxy) is 3. The van der Waals surface area contributed by atoms with Crippen LogP contribution in [0.15, 0.2) is 42.5 Å². The van der Waals surface area contributed by atoms with E-state index in [1.54, 1.807) is 37.3 Å². The quantitative estimate of drug-likeness (QED) is 0.633. The van der Waals surface area contributed by atoms with Crippen molar-refractivity contribution in [2.45, 2.75) is 26.9 Å². The molecular weight excluding hydrogens is 394 g/mol. The predicted octanol–water partition coefficient (Wildman–Crippen LogP) is 4.64. The third-order valence-electron chi connectivity index (χ3n) is 4.10. The van der Waals surface area contributed by atoms with Crippen molar-refractivity contribution in [1.29, 1.82) is 0 Å². The summed E-state index contributed by atoms with van der Waals surface area (Å²) in [7, 11) is 1.52. The maximum Gasteiger partial charge on any atom is 0.344 e. The highest BCUT2D eigenvalue weighted by molar-refractivity contribution is 6.31. The van der Waals surface area contributed by atoms with Gasteiger partial charge < -0.3 is 19.5 Å². The molecule has 1 atom stereocenters. The minimum Gasteiger partial charge on any atom is -0.493 e. The maximum atomic E-state index is 12.3. The number of rotatable bonds is 8. The third-order valence-corrected chi connectivity index (χ3v) is 4.50. The van der Waals surface area contributed by atoms with Crippen LogP contribution >= 0.6 is 11.6 Å². The Morgan fingerprint density at radius 2 is 1.97 bits per heavy atom. The van der Waals surface area contributed by atoms with E-state index in [-0.39, 0.29) is 6.61 Å². The third kappa shape index (κ3) is 6.26. The molecule has 2 aromatic carbocycles. The van der Waals surface area contributed by atoms with Gasteiger partial charge in [0, 0.05) is 10.7 Å². The molecule has 0 saturated heterocycles. The van der Waals surface area contributed by atoms with Gasteiger partial charge >= 0.3 is 5.97 Å². The Kier molecular flexibility index (Phi) is 8.09. The molecule has 2 rings (SSSR count). The minimum atomic E-state index is -0.997. The monoisotopic (exact) mass is 417 g/mol. The van der Waals surface area contributed by atoms with Gasteiger partial charge in [-0.25, -0.2) is 4.79 Å². The Hall–Kier alpha value is -2.99. The molecule has 1 amide bonds. The summed E-state index contributed by atoms with van der Waals surface area (Å²) in [6.07, 6.45) is 2.83. The highest BCUT2D eigenvalue weighted by atomic mass is 35.5. The fraction of sp³-hybridized carbons (Fsp3) is 0.273. The fourth-order valence-electron chi connectivity index (χ4n) is 2.50. The molecular formula is C22H24ClNO5. The average molecular weight is 418 g/mol.